The van der Waals surface area contributed by atoms with Gasteiger partial charge in [0.2, 0.25) is 5.91 Å². The second kappa shape index (κ2) is 14.7. The summed E-state index contributed by atoms with van der Waals surface area (Å²) in [5.41, 5.74) is 0.587. The Kier molecular flexibility index (Phi) is 11.1. The Morgan fingerprint density at radius 3 is 2.13 bits per heavy atom. The van der Waals surface area contributed by atoms with Crippen LogP contribution in [0.25, 0.3) is 0 Å². The number of carbonyl (C=O) groups is 2. The Morgan fingerprint density at radius 1 is 0.769 bits per heavy atom. The molecule has 0 spiro atoms. The van der Waals surface area contributed by atoms with Crippen molar-refractivity contribution in [3.8, 4) is 5.75 Å². The van der Waals surface area contributed by atoms with Gasteiger partial charge in [0, 0.05) is 18.3 Å². The quantitative estimate of drug-likeness (QED) is 0.199. The number of carbonyl (C=O) groups excluding carboxylic acids is 2. The SMILES string of the molecule is CC(=O)Nc1ccc(OCCOCCOCCOC(=O)c2ccccc2Nc2cccc(C(F)(F)F)c2)cc1. The summed E-state index contributed by atoms with van der Waals surface area (Å²) in [5, 5.41) is 5.52. The second-order valence-electron chi connectivity index (χ2n) is 8.16. The molecule has 0 aliphatic carbocycles. The maximum Gasteiger partial charge on any atom is 0.416 e. The summed E-state index contributed by atoms with van der Waals surface area (Å²) in [6.45, 7) is 2.88. The van der Waals surface area contributed by atoms with E-state index in [2.05, 4.69) is 10.6 Å². The number of hydrogen-bond donors (Lipinski definition) is 2. The van der Waals surface area contributed by atoms with E-state index in [-0.39, 0.29) is 37.0 Å². The summed E-state index contributed by atoms with van der Waals surface area (Å²) in [5.74, 6) is -0.128. The van der Waals surface area contributed by atoms with Gasteiger partial charge in [-0.25, -0.2) is 4.79 Å². The summed E-state index contributed by atoms with van der Waals surface area (Å²) in [6, 6.07) is 18.1. The molecule has 0 radical (unpaired) electrons. The van der Waals surface area contributed by atoms with E-state index in [0.717, 1.165) is 12.1 Å². The second-order valence-corrected chi connectivity index (χ2v) is 8.16. The molecule has 8 nitrogen and oxygen atoms in total. The fourth-order valence-electron chi connectivity index (χ4n) is 3.35. The lowest BCUT2D eigenvalue weighted by Crippen LogP contribution is -2.15. The molecular weight excluding hydrogens is 517 g/mol. The van der Waals surface area contributed by atoms with Gasteiger partial charge >= 0.3 is 12.1 Å². The molecule has 0 heterocycles. The number of benzene rings is 3. The van der Waals surface area contributed by atoms with Crippen LogP contribution in [0.1, 0.15) is 22.8 Å². The van der Waals surface area contributed by atoms with Crippen LogP contribution in [0.3, 0.4) is 0 Å². The van der Waals surface area contributed by atoms with Crippen molar-refractivity contribution in [2.75, 3.05) is 50.3 Å². The van der Waals surface area contributed by atoms with Crippen molar-refractivity contribution >= 4 is 28.9 Å². The average Bonchev–Trinajstić information content (AvgIpc) is 2.90. The van der Waals surface area contributed by atoms with Gasteiger partial charge in [-0.05, 0) is 54.6 Å². The van der Waals surface area contributed by atoms with Gasteiger partial charge in [0.1, 0.15) is 19.0 Å². The molecule has 0 atom stereocenters. The third kappa shape index (κ3) is 10.3. The highest BCUT2D eigenvalue weighted by atomic mass is 19.4. The molecular formula is C28H29F3N2O6. The Morgan fingerprint density at radius 2 is 1.44 bits per heavy atom. The van der Waals surface area contributed by atoms with E-state index in [9.17, 15) is 22.8 Å². The summed E-state index contributed by atoms with van der Waals surface area (Å²) in [4.78, 5) is 23.5. The van der Waals surface area contributed by atoms with Crippen molar-refractivity contribution in [3.63, 3.8) is 0 Å². The van der Waals surface area contributed by atoms with E-state index in [0.29, 0.717) is 36.9 Å². The van der Waals surface area contributed by atoms with Crippen molar-refractivity contribution in [1.82, 2.24) is 0 Å². The van der Waals surface area contributed by atoms with E-state index < -0.39 is 17.7 Å². The predicted molar refractivity (Wildman–Crippen MR) is 139 cm³/mol. The van der Waals surface area contributed by atoms with Crippen LogP contribution < -0.4 is 15.4 Å². The highest BCUT2D eigenvalue weighted by Crippen LogP contribution is 2.32. The predicted octanol–water partition coefficient (Wildman–Crippen LogP) is 5.68. The number of rotatable bonds is 14. The standard InChI is InChI=1S/C28H29F3N2O6/c1-20(34)32-22-9-11-24(12-10-22)38-17-15-36-13-14-37-16-18-39-27(35)25-7-2-3-8-26(25)33-23-6-4-5-21(19-23)28(29,30)31/h2-12,19,33H,13-18H2,1H3,(H,32,34). The monoisotopic (exact) mass is 546 g/mol. The molecule has 3 rings (SSSR count). The highest BCUT2D eigenvalue weighted by molar-refractivity contribution is 5.96. The van der Waals surface area contributed by atoms with Crippen molar-refractivity contribution in [3.05, 3.63) is 83.9 Å². The number of halogens is 3. The number of amides is 1. The zero-order valence-corrected chi connectivity index (χ0v) is 21.3. The Bertz CT molecular complexity index is 1220. The first-order valence-corrected chi connectivity index (χ1v) is 12.1. The number of esters is 1. The molecule has 1 amide bonds. The molecule has 2 N–H and O–H groups in total. The number of nitrogens with one attached hydrogen (secondary N) is 2. The zero-order valence-electron chi connectivity index (χ0n) is 21.3. The van der Waals surface area contributed by atoms with Crippen LogP contribution in [0.5, 0.6) is 5.75 Å². The van der Waals surface area contributed by atoms with Crippen LogP contribution in [0.15, 0.2) is 72.8 Å². The minimum Gasteiger partial charge on any atom is -0.491 e. The maximum absolute atomic E-state index is 13.0. The Hall–Kier alpha value is -4.09. The molecule has 208 valence electrons. The van der Waals surface area contributed by atoms with Crippen LogP contribution in [-0.2, 0) is 25.2 Å². The van der Waals surface area contributed by atoms with Gasteiger partial charge in [-0.2, -0.15) is 13.2 Å². The van der Waals surface area contributed by atoms with Gasteiger partial charge in [-0.3, -0.25) is 4.79 Å². The van der Waals surface area contributed by atoms with Gasteiger partial charge in [-0.15, -0.1) is 0 Å². The fraction of sp³-hybridized carbons (Fsp3) is 0.286. The van der Waals surface area contributed by atoms with E-state index in [4.69, 9.17) is 18.9 Å². The largest absolute Gasteiger partial charge is 0.491 e. The van der Waals surface area contributed by atoms with Gasteiger partial charge in [0.25, 0.3) is 0 Å². The summed E-state index contributed by atoms with van der Waals surface area (Å²) in [6.07, 6.45) is -4.47. The molecule has 0 aliphatic rings. The van der Waals surface area contributed by atoms with E-state index in [1.165, 1.54) is 25.1 Å². The number of alkyl halides is 3. The fourth-order valence-corrected chi connectivity index (χ4v) is 3.35. The van der Waals surface area contributed by atoms with Crippen LogP contribution in [-0.4, -0.2) is 51.5 Å². The van der Waals surface area contributed by atoms with Gasteiger partial charge in [-0.1, -0.05) is 18.2 Å². The summed E-state index contributed by atoms with van der Waals surface area (Å²) < 4.78 is 60.6. The molecule has 0 unspecified atom stereocenters. The molecule has 11 heteroatoms. The van der Waals surface area contributed by atoms with Crippen molar-refractivity contribution < 1.29 is 41.7 Å². The van der Waals surface area contributed by atoms with Crippen LogP contribution >= 0.6 is 0 Å². The van der Waals surface area contributed by atoms with Crippen LogP contribution in [0.2, 0.25) is 0 Å². The Labute approximate surface area is 224 Å². The van der Waals surface area contributed by atoms with E-state index >= 15 is 0 Å². The maximum atomic E-state index is 13.0. The molecule has 0 bridgehead atoms. The molecule has 0 fully saturated rings. The molecule has 0 aromatic heterocycles. The molecule has 39 heavy (non-hydrogen) atoms. The molecule has 0 saturated carbocycles. The number of ether oxygens (including phenoxy) is 4. The highest BCUT2D eigenvalue weighted by Gasteiger charge is 2.30. The smallest absolute Gasteiger partial charge is 0.416 e. The zero-order chi connectivity index (χ0) is 28.1. The van der Waals surface area contributed by atoms with Gasteiger partial charge < -0.3 is 29.6 Å². The lowest BCUT2D eigenvalue weighted by molar-refractivity contribution is -0.137. The number of hydrogen-bond acceptors (Lipinski definition) is 7. The molecule has 3 aromatic carbocycles. The number of anilines is 3. The minimum absolute atomic E-state index is 0.00564. The first-order valence-electron chi connectivity index (χ1n) is 12.1. The summed E-state index contributed by atoms with van der Waals surface area (Å²) in [7, 11) is 0. The minimum atomic E-state index is -4.47. The summed E-state index contributed by atoms with van der Waals surface area (Å²) >= 11 is 0. The van der Waals surface area contributed by atoms with Crippen LogP contribution in [0, 0.1) is 0 Å². The molecule has 0 saturated heterocycles. The van der Waals surface area contributed by atoms with E-state index in [1.54, 1.807) is 42.5 Å². The average molecular weight is 547 g/mol. The van der Waals surface area contributed by atoms with Crippen molar-refractivity contribution in [2.45, 2.75) is 13.1 Å². The first kappa shape index (κ1) is 29.5. The van der Waals surface area contributed by atoms with Crippen molar-refractivity contribution in [2.24, 2.45) is 0 Å². The van der Waals surface area contributed by atoms with Crippen LogP contribution in [0.4, 0.5) is 30.2 Å². The van der Waals surface area contributed by atoms with Gasteiger partial charge in [0.15, 0.2) is 0 Å². The normalized spacial score (nSPS) is 11.1. The van der Waals surface area contributed by atoms with Gasteiger partial charge in [0.05, 0.1) is 43.2 Å². The first-order chi connectivity index (χ1) is 18.7. The van der Waals surface area contributed by atoms with E-state index in [1.807, 2.05) is 0 Å². The van der Waals surface area contributed by atoms with Crippen molar-refractivity contribution in [1.29, 1.82) is 0 Å². The number of para-hydroxylation sites is 1. The lowest BCUT2D eigenvalue weighted by Gasteiger charge is -2.13. The lowest BCUT2D eigenvalue weighted by atomic mass is 10.1. The molecule has 3 aromatic rings. The molecule has 0 aliphatic heterocycles. The Balaban J connectivity index is 1.30. The topological polar surface area (TPSA) is 95.1 Å². The third-order valence-electron chi connectivity index (χ3n) is 5.12. The third-order valence-corrected chi connectivity index (χ3v) is 5.12.